The fraction of sp³-hybridized carbons (Fsp3) is 0.571. The highest BCUT2D eigenvalue weighted by atomic mass is 79.9. The Labute approximate surface area is 118 Å². The van der Waals surface area contributed by atoms with E-state index in [1.807, 2.05) is 12.1 Å². The minimum atomic E-state index is 0.622. The highest BCUT2D eigenvalue weighted by Crippen LogP contribution is 2.25. The molecule has 100 valence electrons. The lowest BCUT2D eigenvalue weighted by Crippen LogP contribution is -2.49. The van der Waals surface area contributed by atoms with Crippen LogP contribution in [0.25, 0.3) is 0 Å². The molecule has 1 fully saturated rings. The summed E-state index contributed by atoms with van der Waals surface area (Å²) in [6.07, 6.45) is 0. The lowest BCUT2D eigenvalue weighted by Gasteiger charge is -2.37. The first-order valence-corrected chi connectivity index (χ1v) is 7.14. The Kier molecular flexibility index (Phi) is 4.65. The van der Waals surface area contributed by atoms with Crippen molar-refractivity contribution < 1.29 is 4.74 Å². The van der Waals surface area contributed by atoms with Gasteiger partial charge in [-0.25, -0.2) is 0 Å². The third-order valence-electron chi connectivity index (χ3n) is 3.68. The molecular formula is C14H21BrN2O. The maximum absolute atomic E-state index is 5.43. The predicted molar refractivity (Wildman–Crippen MR) is 78.1 cm³/mol. The van der Waals surface area contributed by atoms with Crippen molar-refractivity contribution in [2.75, 3.05) is 33.8 Å². The molecule has 0 aromatic heterocycles. The van der Waals surface area contributed by atoms with E-state index < -0.39 is 0 Å². The molecule has 2 rings (SSSR count). The number of piperazine rings is 1. The molecule has 1 aliphatic rings. The Balaban J connectivity index is 2.07. The average molecular weight is 313 g/mol. The van der Waals surface area contributed by atoms with Gasteiger partial charge in [-0.05, 0) is 32.2 Å². The summed E-state index contributed by atoms with van der Waals surface area (Å²) < 4.78 is 6.54. The predicted octanol–water partition coefficient (Wildman–Crippen LogP) is 2.59. The number of rotatable bonds is 3. The van der Waals surface area contributed by atoms with Gasteiger partial charge in [0, 0.05) is 42.3 Å². The van der Waals surface area contributed by atoms with Crippen molar-refractivity contribution in [3.63, 3.8) is 0 Å². The Morgan fingerprint density at radius 1 is 1.39 bits per heavy atom. The van der Waals surface area contributed by atoms with Crippen LogP contribution in [0.2, 0.25) is 0 Å². The van der Waals surface area contributed by atoms with E-state index in [4.69, 9.17) is 4.74 Å². The van der Waals surface area contributed by atoms with Crippen molar-refractivity contribution in [3.05, 3.63) is 28.2 Å². The number of hydrogen-bond acceptors (Lipinski definition) is 3. The number of halogens is 1. The summed E-state index contributed by atoms with van der Waals surface area (Å²) in [5, 5.41) is 0. The number of nitrogens with zero attached hydrogens (tertiary/aromatic N) is 2. The summed E-state index contributed by atoms with van der Waals surface area (Å²) in [4.78, 5) is 4.91. The molecule has 3 nitrogen and oxygen atoms in total. The van der Waals surface area contributed by atoms with Gasteiger partial charge in [0.15, 0.2) is 0 Å². The Bertz CT molecular complexity index is 411. The molecule has 4 heteroatoms. The number of likely N-dealkylation sites (N-methyl/N-ethyl adjacent to an activating group) is 1. The van der Waals surface area contributed by atoms with Crippen LogP contribution in [0.4, 0.5) is 0 Å². The van der Waals surface area contributed by atoms with Crippen molar-refractivity contribution in [1.82, 2.24) is 9.80 Å². The van der Waals surface area contributed by atoms with Gasteiger partial charge in [0.1, 0.15) is 5.75 Å². The minimum absolute atomic E-state index is 0.622. The largest absolute Gasteiger partial charge is 0.496 e. The highest BCUT2D eigenvalue weighted by molar-refractivity contribution is 9.10. The molecule has 0 saturated carbocycles. The zero-order valence-electron chi connectivity index (χ0n) is 11.3. The second-order valence-corrected chi connectivity index (χ2v) is 5.94. The minimum Gasteiger partial charge on any atom is -0.496 e. The maximum Gasteiger partial charge on any atom is 0.123 e. The van der Waals surface area contributed by atoms with Gasteiger partial charge in [0.2, 0.25) is 0 Å². The number of methoxy groups -OCH3 is 1. The smallest absolute Gasteiger partial charge is 0.123 e. The summed E-state index contributed by atoms with van der Waals surface area (Å²) >= 11 is 3.53. The molecule has 0 N–H and O–H groups in total. The fourth-order valence-electron chi connectivity index (χ4n) is 2.38. The van der Waals surface area contributed by atoms with Crippen molar-refractivity contribution in [2.24, 2.45) is 0 Å². The van der Waals surface area contributed by atoms with E-state index in [1.165, 1.54) is 5.56 Å². The molecule has 1 heterocycles. The second-order valence-electron chi connectivity index (χ2n) is 5.02. The highest BCUT2D eigenvalue weighted by Gasteiger charge is 2.21. The first kappa shape index (κ1) is 13.8. The standard InChI is InChI=1S/C14H21BrN2O/c1-11-9-17(7-6-16(11)2)10-12-8-13(15)4-5-14(12)18-3/h4-5,8,11H,6-7,9-10H2,1-3H3. The Morgan fingerprint density at radius 3 is 2.83 bits per heavy atom. The Hall–Kier alpha value is -0.580. The Morgan fingerprint density at radius 2 is 2.17 bits per heavy atom. The van der Waals surface area contributed by atoms with E-state index in [9.17, 15) is 0 Å². The molecule has 1 aromatic rings. The molecule has 0 spiro atoms. The molecule has 1 aromatic carbocycles. The van der Waals surface area contributed by atoms with Gasteiger partial charge >= 0.3 is 0 Å². The van der Waals surface area contributed by atoms with Crippen LogP contribution in [-0.2, 0) is 6.54 Å². The van der Waals surface area contributed by atoms with Crippen LogP contribution in [0.15, 0.2) is 22.7 Å². The molecule has 18 heavy (non-hydrogen) atoms. The quantitative estimate of drug-likeness (QED) is 0.853. The average Bonchev–Trinajstić information content (AvgIpc) is 2.34. The molecule has 0 amide bonds. The number of ether oxygens (including phenoxy) is 1. The molecular weight excluding hydrogens is 292 g/mol. The van der Waals surface area contributed by atoms with Gasteiger partial charge < -0.3 is 9.64 Å². The summed E-state index contributed by atoms with van der Waals surface area (Å²) in [6, 6.07) is 6.83. The maximum atomic E-state index is 5.43. The molecule has 1 unspecified atom stereocenters. The topological polar surface area (TPSA) is 15.7 Å². The molecule has 0 aliphatic carbocycles. The van der Waals surface area contributed by atoms with E-state index in [2.05, 4.69) is 45.8 Å². The lowest BCUT2D eigenvalue weighted by atomic mass is 10.1. The van der Waals surface area contributed by atoms with Crippen molar-refractivity contribution in [3.8, 4) is 5.75 Å². The van der Waals surface area contributed by atoms with Gasteiger partial charge in [-0.2, -0.15) is 0 Å². The van der Waals surface area contributed by atoms with E-state index in [1.54, 1.807) is 7.11 Å². The van der Waals surface area contributed by atoms with Crippen molar-refractivity contribution >= 4 is 15.9 Å². The van der Waals surface area contributed by atoms with Crippen LogP contribution in [0.3, 0.4) is 0 Å². The molecule has 1 saturated heterocycles. The van der Waals surface area contributed by atoms with Gasteiger partial charge in [-0.15, -0.1) is 0 Å². The third kappa shape index (κ3) is 3.25. The van der Waals surface area contributed by atoms with Crippen molar-refractivity contribution in [1.29, 1.82) is 0 Å². The molecule has 0 radical (unpaired) electrons. The summed E-state index contributed by atoms with van der Waals surface area (Å²) in [5.41, 5.74) is 1.25. The van der Waals surface area contributed by atoms with Crippen LogP contribution in [0, 0.1) is 0 Å². The summed E-state index contributed by atoms with van der Waals surface area (Å²) in [5.74, 6) is 0.977. The van der Waals surface area contributed by atoms with Crippen LogP contribution >= 0.6 is 15.9 Å². The van der Waals surface area contributed by atoms with Gasteiger partial charge in [0.25, 0.3) is 0 Å². The zero-order valence-corrected chi connectivity index (χ0v) is 12.9. The lowest BCUT2D eigenvalue weighted by molar-refractivity contribution is 0.0993. The first-order chi connectivity index (χ1) is 8.60. The van der Waals surface area contributed by atoms with Gasteiger partial charge in [0.05, 0.1) is 7.11 Å². The molecule has 1 atom stereocenters. The normalized spacial score (nSPS) is 22.1. The van der Waals surface area contributed by atoms with Crippen molar-refractivity contribution in [2.45, 2.75) is 19.5 Å². The van der Waals surface area contributed by atoms with Gasteiger partial charge in [-0.3, -0.25) is 4.90 Å². The molecule has 0 bridgehead atoms. The first-order valence-electron chi connectivity index (χ1n) is 6.35. The fourth-order valence-corrected chi connectivity index (χ4v) is 2.79. The number of hydrogen-bond donors (Lipinski definition) is 0. The third-order valence-corrected chi connectivity index (χ3v) is 4.17. The second kappa shape index (κ2) is 6.04. The van der Waals surface area contributed by atoms with Crippen LogP contribution < -0.4 is 4.74 Å². The van der Waals surface area contributed by atoms with E-state index in [-0.39, 0.29) is 0 Å². The van der Waals surface area contributed by atoms with Crippen LogP contribution in [0.5, 0.6) is 5.75 Å². The van der Waals surface area contributed by atoms with E-state index >= 15 is 0 Å². The number of benzene rings is 1. The molecule has 1 aliphatic heterocycles. The zero-order chi connectivity index (χ0) is 13.1. The van der Waals surface area contributed by atoms with E-state index in [0.29, 0.717) is 6.04 Å². The monoisotopic (exact) mass is 312 g/mol. The van der Waals surface area contributed by atoms with Gasteiger partial charge in [-0.1, -0.05) is 15.9 Å². The van der Waals surface area contributed by atoms with E-state index in [0.717, 1.165) is 36.4 Å². The summed E-state index contributed by atoms with van der Waals surface area (Å²) in [7, 11) is 3.93. The summed E-state index contributed by atoms with van der Waals surface area (Å²) in [6.45, 7) is 6.62. The van der Waals surface area contributed by atoms with Crippen LogP contribution in [-0.4, -0.2) is 49.6 Å². The van der Waals surface area contributed by atoms with Crippen LogP contribution in [0.1, 0.15) is 12.5 Å². The SMILES string of the molecule is COc1ccc(Br)cc1CN1CCN(C)C(C)C1.